The van der Waals surface area contributed by atoms with Crippen molar-refractivity contribution in [2.75, 3.05) is 25.1 Å². The number of sulfone groups is 1. The van der Waals surface area contributed by atoms with E-state index in [4.69, 9.17) is 4.98 Å². The van der Waals surface area contributed by atoms with E-state index < -0.39 is 19.9 Å². The summed E-state index contributed by atoms with van der Waals surface area (Å²) in [4.78, 5) is 5.09. The van der Waals surface area contributed by atoms with Gasteiger partial charge in [0.2, 0.25) is 10.0 Å². The predicted octanol–water partition coefficient (Wildman–Crippen LogP) is 2.70. The standard InChI is InChI=1S/C21H31N3O4S2/c1-21(2,3)10-20-22-18-9-17(7-8-19(18)24(20)13-15-5-6-15)30(27,28)14-16-11-23(12-16)29(4,25)26/h7-9,15-16H,5-6,10-14H2,1-4H3. The summed E-state index contributed by atoms with van der Waals surface area (Å²) in [7, 11) is -6.75. The summed E-state index contributed by atoms with van der Waals surface area (Å²) < 4.78 is 52.5. The van der Waals surface area contributed by atoms with Gasteiger partial charge in [-0.3, -0.25) is 0 Å². The summed E-state index contributed by atoms with van der Waals surface area (Å²) in [6, 6.07) is 5.25. The third kappa shape index (κ3) is 4.73. The molecule has 166 valence electrons. The fourth-order valence-electron chi connectivity index (χ4n) is 4.03. The van der Waals surface area contributed by atoms with Gasteiger partial charge in [-0.05, 0) is 42.4 Å². The lowest BCUT2D eigenvalue weighted by atomic mass is 9.92. The fraction of sp³-hybridized carbons (Fsp3) is 0.667. The van der Waals surface area contributed by atoms with Crippen molar-refractivity contribution < 1.29 is 16.8 Å². The first-order chi connectivity index (χ1) is 13.8. The Labute approximate surface area is 179 Å². The highest BCUT2D eigenvalue weighted by Gasteiger charge is 2.36. The van der Waals surface area contributed by atoms with Gasteiger partial charge in [0.05, 0.1) is 27.9 Å². The molecule has 9 heteroatoms. The van der Waals surface area contributed by atoms with E-state index in [-0.39, 0.29) is 35.1 Å². The summed E-state index contributed by atoms with van der Waals surface area (Å²) in [6.07, 6.45) is 4.47. The van der Waals surface area contributed by atoms with Crippen molar-refractivity contribution in [2.45, 2.75) is 51.5 Å². The minimum Gasteiger partial charge on any atom is -0.328 e. The van der Waals surface area contributed by atoms with Crippen molar-refractivity contribution in [3.63, 3.8) is 0 Å². The number of sulfonamides is 1. The molecule has 7 nitrogen and oxygen atoms in total. The van der Waals surface area contributed by atoms with Gasteiger partial charge >= 0.3 is 0 Å². The molecule has 1 saturated carbocycles. The van der Waals surface area contributed by atoms with Gasteiger partial charge in [0.25, 0.3) is 0 Å². The highest BCUT2D eigenvalue weighted by atomic mass is 32.2. The van der Waals surface area contributed by atoms with Crippen LogP contribution in [0.5, 0.6) is 0 Å². The molecule has 30 heavy (non-hydrogen) atoms. The molecule has 0 spiro atoms. The molecule has 1 aliphatic carbocycles. The molecule has 0 unspecified atom stereocenters. The van der Waals surface area contributed by atoms with Crippen molar-refractivity contribution in [2.24, 2.45) is 17.3 Å². The average Bonchev–Trinajstić information content (AvgIpc) is 3.31. The van der Waals surface area contributed by atoms with Crippen molar-refractivity contribution in [3.8, 4) is 0 Å². The second-order valence-electron chi connectivity index (χ2n) is 10.2. The van der Waals surface area contributed by atoms with E-state index in [0.29, 0.717) is 5.92 Å². The Balaban J connectivity index is 1.59. The molecule has 2 fully saturated rings. The van der Waals surface area contributed by atoms with E-state index >= 15 is 0 Å². The largest absolute Gasteiger partial charge is 0.328 e. The first-order valence-corrected chi connectivity index (χ1v) is 14.0. The third-order valence-electron chi connectivity index (χ3n) is 5.83. The van der Waals surface area contributed by atoms with Crippen LogP contribution < -0.4 is 0 Å². The molecule has 0 bridgehead atoms. The molecule has 0 amide bonds. The maximum Gasteiger partial charge on any atom is 0.211 e. The maximum absolute atomic E-state index is 12.9. The Morgan fingerprint density at radius 2 is 1.73 bits per heavy atom. The molecule has 2 heterocycles. The highest BCUT2D eigenvalue weighted by Crippen LogP contribution is 2.34. The smallest absolute Gasteiger partial charge is 0.211 e. The average molecular weight is 454 g/mol. The van der Waals surface area contributed by atoms with Crippen LogP contribution in [-0.4, -0.2) is 55.8 Å². The van der Waals surface area contributed by atoms with Crippen molar-refractivity contribution in [3.05, 3.63) is 24.0 Å². The number of hydrogen-bond acceptors (Lipinski definition) is 5. The minimum absolute atomic E-state index is 0.0395. The van der Waals surface area contributed by atoms with Crippen molar-refractivity contribution in [1.29, 1.82) is 0 Å². The van der Waals surface area contributed by atoms with Crippen LogP contribution in [0.1, 0.15) is 39.4 Å². The number of fused-ring (bicyclic) bond motifs is 1. The lowest BCUT2D eigenvalue weighted by molar-refractivity contribution is 0.221. The number of rotatable bonds is 7. The molecule has 1 aromatic heterocycles. The molecule has 0 atom stereocenters. The van der Waals surface area contributed by atoms with Gasteiger partial charge in [0.1, 0.15) is 5.82 Å². The van der Waals surface area contributed by atoms with Crippen LogP contribution in [0.2, 0.25) is 0 Å². The zero-order chi connectivity index (χ0) is 21.9. The molecule has 4 rings (SSSR count). The SMILES string of the molecule is CC(C)(C)Cc1nc2cc(S(=O)(=O)CC3CN(S(C)(=O)=O)C3)ccc2n1CC1CC1. The van der Waals surface area contributed by atoms with Crippen molar-refractivity contribution in [1.82, 2.24) is 13.9 Å². The first-order valence-electron chi connectivity index (χ1n) is 10.5. The Hall–Kier alpha value is -1.45. The Morgan fingerprint density at radius 3 is 2.30 bits per heavy atom. The van der Waals surface area contributed by atoms with Crippen LogP contribution >= 0.6 is 0 Å². The normalized spacial score (nSPS) is 19.3. The van der Waals surface area contributed by atoms with Gasteiger partial charge in [0, 0.05) is 32.0 Å². The van der Waals surface area contributed by atoms with Crippen LogP contribution in [0, 0.1) is 17.3 Å². The van der Waals surface area contributed by atoms with E-state index in [0.717, 1.165) is 36.1 Å². The van der Waals surface area contributed by atoms with Gasteiger partial charge in [-0.25, -0.2) is 26.1 Å². The molecule has 0 N–H and O–H groups in total. The topological polar surface area (TPSA) is 89.3 Å². The second kappa shape index (κ2) is 7.31. The lowest BCUT2D eigenvalue weighted by Crippen LogP contribution is -2.51. The molecule has 1 aromatic carbocycles. The molecule has 1 saturated heterocycles. The molecular weight excluding hydrogens is 422 g/mol. The fourth-order valence-corrected chi connectivity index (χ4v) is 6.58. The first kappa shape index (κ1) is 21.8. The highest BCUT2D eigenvalue weighted by molar-refractivity contribution is 7.91. The summed E-state index contributed by atoms with van der Waals surface area (Å²) in [5.41, 5.74) is 1.81. The number of benzene rings is 1. The molecule has 2 aliphatic rings. The van der Waals surface area contributed by atoms with Crippen LogP contribution in [0.25, 0.3) is 11.0 Å². The van der Waals surface area contributed by atoms with Crippen molar-refractivity contribution >= 4 is 30.9 Å². The Morgan fingerprint density at radius 1 is 1.07 bits per heavy atom. The summed E-state index contributed by atoms with van der Waals surface area (Å²) in [5, 5.41) is 0. The predicted molar refractivity (Wildman–Crippen MR) is 118 cm³/mol. The van der Waals surface area contributed by atoms with Gasteiger partial charge in [-0.2, -0.15) is 0 Å². The van der Waals surface area contributed by atoms with E-state index in [9.17, 15) is 16.8 Å². The number of aromatic nitrogens is 2. The van der Waals surface area contributed by atoms with Gasteiger partial charge in [-0.15, -0.1) is 0 Å². The third-order valence-corrected chi connectivity index (χ3v) is 8.95. The monoisotopic (exact) mass is 453 g/mol. The van der Waals surface area contributed by atoms with Crippen LogP contribution in [0.15, 0.2) is 23.1 Å². The zero-order valence-electron chi connectivity index (χ0n) is 18.1. The Bertz CT molecular complexity index is 1170. The van der Waals surface area contributed by atoms with Crippen LogP contribution in [0.4, 0.5) is 0 Å². The van der Waals surface area contributed by atoms with Gasteiger partial charge in [0.15, 0.2) is 9.84 Å². The van der Waals surface area contributed by atoms with Crippen LogP contribution in [-0.2, 0) is 32.8 Å². The van der Waals surface area contributed by atoms with E-state index in [2.05, 4.69) is 25.3 Å². The molecule has 2 aromatic rings. The van der Waals surface area contributed by atoms with Crippen LogP contribution in [0.3, 0.4) is 0 Å². The minimum atomic E-state index is -3.50. The lowest BCUT2D eigenvalue weighted by Gasteiger charge is -2.36. The summed E-state index contributed by atoms with van der Waals surface area (Å²) >= 11 is 0. The Kier molecular flexibility index (Phi) is 5.30. The van der Waals surface area contributed by atoms with Gasteiger partial charge < -0.3 is 4.57 Å². The maximum atomic E-state index is 12.9. The number of hydrogen-bond donors (Lipinski definition) is 0. The second-order valence-corrected chi connectivity index (χ2v) is 14.2. The van der Waals surface area contributed by atoms with E-state index in [1.807, 2.05) is 6.07 Å². The molecule has 1 aliphatic heterocycles. The number of imidazole rings is 1. The summed E-state index contributed by atoms with van der Waals surface area (Å²) in [5.74, 6) is 1.51. The quantitative estimate of drug-likeness (QED) is 0.643. The molecule has 0 radical (unpaired) electrons. The molecular formula is C21H31N3O4S2. The van der Waals surface area contributed by atoms with E-state index in [1.54, 1.807) is 12.1 Å². The van der Waals surface area contributed by atoms with E-state index in [1.165, 1.54) is 17.1 Å². The summed E-state index contributed by atoms with van der Waals surface area (Å²) in [6.45, 7) is 8.03. The zero-order valence-corrected chi connectivity index (χ0v) is 19.8. The van der Waals surface area contributed by atoms with Gasteiger partial charge in [-0.1, -0.05) is 20.8 Å². The number of nitrogens with zero attached hydrogens (tertiary/aromatic N) is 3.